The minimum Gasteiger partial charge on any atom is -0.469 e. The largest absolute Gasteiger partial charge is 0.469 e. The van der Waals surface area contributed by atoms with Crippen LogP contribution < -0.4 is 10.2 Å². The Kier molecular flexibility index (Phi) is 10.8. The third kappa shape index (κ3) is 7.37. The fourth-order valence-electron chi connectivity index (χ4n) is 3.11. The van der Waals surface area contributed by atoms with Gasteiger partial charge in [-0.2, -0.15) is 0 Å². The van der Waals surface area contributed by atoms with Crippen LogP contribution in [0.5, 0.6) is 0 Å². The zero-order chi connectivity index (χ0) is 18.9. The number of aryl methyl sites for hydroxylation is 1. The first-order valence-corrected chi connectivity index (χ1v) is 9.46. The predicted octanol–water partition coefficient (Wildman–Crippen LogP) is 3.31. The maximum Gasteiger partial charge on any atom is 0.305 e. The van der Waals surface area contributed by atoms with Crippen molar-refractivity contribution in [2.24, 2.45) is 4.99 Å². The number of hydrogen-bond donors (Lipinski definition) is 1. The molecule has 27 heavy (non-hydrogen) atoms. The lowest BCUT2D eigenvalue weighted by Crippen LogP contribution is -2.52. The Balaban J connectivity index is 0.00000364. The van der Waals surface area contributed by atoms with Crippen molar-refractivity contribution < 1.29 is 9.53 Å². The Hall–Kier alpha value is -1.22. The Bertz CT molecular complexity index is 634. The van der Waals surface area contributed by atoms with Crippen molar-refractivity contribution in [3.63, 3.8) is 0 Å². The van der Waals surface area contributed by atoms with E-state index in [1.54, 1.807) is 0 Å². The van der Waals surface area contributed by atoms with Gasteiger partial charge in [0.2, 0.25) is 0 Å². The quantitative estimate of drug-likeness (QED) is 0.210. The van der Waals surface area contributed by atoms with E-state index in [2.05, 4.69) is 37.8 Å². The van der Waals surface area contributed by atoms with E-state index in [1.807, 2.05) is 19.2 Å². The second kappa shape index (κ2) is 12.3. The van der Waals surface area contributed by atoms with Crippen LogP contribution in [-0.4, -0.2) is 63.7 Å². The fourth-order valence-corrected chi connectivity index (χ4v) is 3.28. The Labute approximate surface area is 184 Å². The Morgan fingerprint density at radius 3 is 2.59 bits per heavy atom. The first kappa shape index (κ1) is 23.8. The van der Waals surface area contributed by atoms with Crippen LogP contribution in [0.25, 0.3) is 0 Å². The Morgan fingerprint density at radius 2 is 1.96 bits per heavy atom. The number of aliphatic imine (C=N–C) groups is 1. The van der Waals surface area contributed by atoms with E-state index in [0.717, 1.165) is 56.5 Å². The molecule has 1 aromatic carbocycles. The number of methoxy groups -OCH3 is 1. The zero-order valence-electron chi connectivity index (χ0n) is 16.3. The number of ether oxygens (including phenoxy) is 1. The van der Waals surface area contributed by atoms with Gasteiger partial charge in [0, 0.05) is 56.9 Å². The summed E-state index contributed by atoms with van der Waals surface area (Å²) in [6.45, 7) is 6.61. The van der Waals surface area contributed by atoms with Gasteiger partial charge in [0.15, 0.2) is 5.96 Å². The van der Waals surface area contributed by atoms with Crippen LogP contribution in [0.4, 0.5) is 5.69 Å². The number of nitrogens with one attached hydrogen (secondary N) is 1. The van der Waals surface area contributed by atoms with Gasteiger partial charge in [0.05, 0.1) is 7.11 Å². The molecule has 0 unspecified atom stereocenters. The highest BCUT2D eigenvalue weighted by atomic mass is 127. The minimum absolute atomic E-state index is 0. The molecule has 0 aliphatic carbocycles. The normalized spacial score (nSPS) is 14.6. The average Bonchev–Trinajstić information content (AvgIpc) is 2.66. The van der Waals surface area contributed by atoms with Crippen LogP contribution in [-0.2, 0) is 9.53 Å². The first-order chi connectivity index (χ1) is 12.5. The van der Waals surface area contributed by atoms with Crippen LogP contribution >= 0.6 is 35.6 Å². The van der Waals surface area contributed by atoms with Gasteiger partial charge in [-0.15, -0.1) is 24.0 Å². The number of guanidine groups is 1. The van der Waals surface area contributed by atoms with Crippen LogP contribution in [0, 0.1) is 6.92 Å². The third-order valence-electron chi connectivity index (χ3n) is 4.62. The number of nitrogens with zero attached hydrogens (tertiary/aromatic N) is 3. The molecule has 0 amide bonds. The summed E-state index contributed by atoms with van der Waals surface area (Å²) >= 11 is 6.15. The van der Waals surface area contributed by atoms with E-state index in [0.29, 0.717) is 6.42 Å². The third-order valence-corrected chi connectivity index (χ3v) is 4.86. The molecule has 0 atom stereocenters. The lowest BCUT2D eigenvalue weighted by Gasteiger charge is -2.38. The van der Waals surface area contributed by atoms with Crippen molar-refractivity contribution in [3.05, 3.63) is 28.8 Å². The van der Waals surface area contributed by atoms with Crippen molar-refractivity contribution in [1.82, 2.24) is 10.2 Å². The van der Waals surface area contributed by atoms with E-state index < -0.39 is 0 Å². The molecule has 152 valence electrons. The highest BCUT2D eigenvalue weighted by Gasteiger charge is 2.20. The molecule has 0 aromatic heterocycles. The fraction of sp³-hybridized carbons (Fsp3) is 0.579. The van der Waals surface area contributed by atoms with Crippen LogP contribution in [0.15, 0.2) is 23.2 Å². The van der Waals surface area contributed by atoms with Crippen LogP contribution in [0.3, 0.4) is 0 Å². The maximum absolute atomic E-state index is 11.1. The minimum atomic E-state index is -0.151. The average molecular weight is 509 g/mol. The van der Waals surface area contributed by atoms with E-state index >= 15 is 0 Å². The number of carbonyl (C=O) groups is 1. The molecule has 1 aliphatic rings. The number of rotatable bonds is 6. The summed E-state index contributed by atoms with van der Waals surface area (Å²) in [5, 5.41) is 4.17. The molecule has 0 radical (unpaired) electrons. The molecule has 1 fully saturated rings. The molecule has 1 aliphatic heterocycles. The van der Waals surface area contributed by atoms with E-state index in [1.165, 1.54) is 18.4 Å². The summed E-state index contributed by atoms with van der Waals surface area (Å²) in [5.74, 6) is 0.771. The van der Waals surface area contributed by atoms with Crippen LogP contribution in [0.2, 0.25) is 5.02 Å². The molecule has 8 heteroatoms. The van der Waals surface area contributed by atoms with Crippen molar-refractivity contribution in [2.45, 2.75) is 26.2 Å². The highest BCUT2D eigenvalue weighted by Crippen LogP contribution is 2.25. The lowest BCUT2D eigenvalue weighted by molar-refractivity contribution is -0.140. The highest BCUT2D eigenvalue weighted by molar-refractivity contribution is 14.0. The summed E-state index contributed by atoms with van der Waals surface area (Å²) < 4.78 is 4.65. The maximum atomic E-state index is 11.1. The predicted molar refractivity (Wildman–Crippen MR) is 123 cm³/mol. The number of piperazine rings is 1. The lowest BCUT2D eigenvalue weighted by atomic mass is 10.1. The molecule has 1 heterocycles. The smallest absolute Gasteiger partial charge is 0.305 e. The topological polar surface area (TPSA) is 57.2 Å². The van der Waals surface area contributed by atoms with Gasteiger partial charge < -0.3 is 19.9 Å². The van der Waals surface area contributed by atoms with Crippen molar-refractivity contribution in [2.75, 3.05) is 51.8 Å². The molecule has 1 aromatic rings. The Morgan fingerprint density at radius 1 is 1.26 bits per heavy atom. The molecule has 1 N–H and O–H groups in total. The number of benzene rings is 1. The number of esters is 1. The number of halogens is 2. The van der Waals surface area contributed by atoms with E-state index in [-0.39, 0.29) is 29.9 Å². The summed E-state index contributed by atoms with van der Waals surface area (Å²) in [5.41, 5.74) is 2.46. The summed E-state index contributed by atoms with van der Waals surface area (Å²) in [6.07, 6.45) is 2.20. The van der Waals surface area contributed by atoms with E-state index in [9.17, 15) is 4.79 Å². The summed E-state index contributed by atoms with van der Waals surface area (Å²) in [4.78, 5) is 20.2. The van der Waals surface area contributed by atoms with Gasteiger partial charge in [-0.3, -0.25) is 9.79 Å². The zero-order valence-corrected chi connectivity index (χ0v) is 19.4. The van der Waals surface area contributed by atoms with Gasteiger partial charge >= 0.3 is 5.97 Å². The number of hydrogen-bond acceptors (Lipinski definition) is 4. The second-order valence-electron chi connectivity index (χ2n) is 6.41. The van der Waals surface area contributed by atoms with Crippen LogP contribution in [0.1, 0.15) is 24.8 Å². The first-order valence-electron chi connectivity index (χ1n) is 9.08. The molecular formula is C19H30ClIN4O2. The molecule has 0 bridgehead atoms. The summed E-state index contributed by atoms with van der Waals surface area (Å²) in [7, 11) is 3.23. The van der Waals surface area contributed by atoms with Gasteiger partial charge in [-0.25, -0.2) is 0 Å². The van der Waals surface area contributed by atoms with Gasteiger partial charge in [0.1, 0.15) is 0 Å². The number of unbranched alkanes of at least 4 members (excludes halogenated alkanes) is 1. The summed E-state index contributed by atoms with van der Waals surface area (Å²) in [6, 6.07) is 6.04. The van der Waals surface area contributed by atoms with Crippen molar-refractivity contribution in [1.29, 1.82) is 0 Å². The van der Waals surface area contributed by atoms with E-state index in [4.69, 9.17) is 11.6 Å². The molecule has 2 rings (SSSR count). The molecule has 1 saturated heterocycles. The molecular weight excluding hydrogens is 479 g/mol. The van der Waals surface area contributed by atoms with Crippen molar-refractivity contribution in [3.8, 4) is 0 Å². The molecule has 0 spiro atoms. The molecule has 0 saturated carbocycles. The monoisotopic (exact) mass is 508 g/mol. The molecule has 6 nitrogen and oxygen atoms in total. The second-order valence-corrected chi connectivity index (χ2v) is 6.85. The number of carbonyl (C=O) groups excluding carboxylic acids is 1. The SMILES string of the molecule is CN=C(NCCCCC(=O)OC)N1CCN(c2cc(Cl)ccc2C)CC1.I. The van der Waals surface area contributed by atoms with Crippen molar-refractivity contribution >= 4 is 53.2 Å². The van der Waals surface area contributed by atoms with Gasteiger partial charge in [-0.1, -0.05) is 17.7 Å². The van der Waals surface area contributed by atoms with Gasteiger partial charge in [0.25, 0.3) is 0 Å². The standard InChI is InChI=1S/C19H29ClN4O2.HI/c1-15-7-8-16(20)14-17(15)23-10-12-24(13-11-23)19(21-2)22-9-5-4-6-18(25)26-3;/h7-8,14H,4-6,9-13H2,1-3H3,(H,21,22);1H. The number of anilines is 1. The van der Waals surface area contributed by atoms with Gasteiger partial charge in [-0.05, 0) is 37.5 Å².